The molecule has 4 rings (SSSR count). The van der Waals surface area contributed by atoms with Crippen LogP contribution in [0.25, 0.3) is 5.82 Å². The van der Waals surface area contributed by atoms with Crippen LogP contribution in [0.3, 0.4) is 0 Å². The van der Waals surface area contributed by atoms with Gasteiger partial charge in [-0.2, -0.15) is 4.98 Å². The summed E-state index contributed by atoms with van der Waals surface area (Å²) in [7, 11) is 3.58. The van der Waals surface area contributed by atoms with Crippen LogP contribution in [0.15, 0.2) is 67.4 Å². The largest absolute Gasteiger partial charge is 0.493 e. The number of hydrogen-bond acceptors (Lipinski definition) is 8. The van der Waals surface area contributed by atoms with Gasteiger partial charge in [-0.15, -0.1) is 0 Å². The van der Waals surface area contributed by atoms with Gasteiger partial charge >= 0.3 is 0 Å². The van der Waals surface area contributed by atoms with Crippen LogP contribution in [0, 0.1) is 6.92 Å². The van der Waals surface area contributed by atoms with Gasteiger partial charge in [0.1, 0.15) is 12.9 Å². The van der Waals surface area contributed by atoms with Crippen molar-refractivity contribution in [3.05, 3.63) is 73.1 Å². The van der Waals surface area contributed by atoms with Crippen LogP contribution >= 0.6 is 0 Å². The summed E-state index contributed by atoms with van der Waals surface area (Å²) in [5, 5.41) is 3.21. The second-order valence-corrected chi connectivity index (χ2v) is 7.75. The Balaban J connectivity index is 0.00000324. The molecule has 172 valence electrons. The van der Waals surface area contributed by atoms with Gasteiger partial charge in [-0.05, 0) is 19.4 Å². The Bertz CT molecular complexity index is 1240. The Morgan fingerprint density at radius 3 is 2.79 bits per heavy atom. The molecule has 1 N–H and O–H groups in total. The molecule has 0 aromatic carbocycles. The Hall–Kier alpha value is -4.14. The van der Waals surface area contributed by atoms with Gasteiger partial charge in [0, 0.05) is 20.7 Å². The van der Waals surface area contributed by atoms with Gasteiger partial charge in [0.25, 0.3) is 0 Å². The third-order valence-electron chi connectivity index (χ3n) is 5.35. The number of nitrogens with one attached hydrogen (secondary N) is 1. The lowest BCUT2D eigenvalue weighted by Gasteiger charge is -2.36. The smallest absolute Gasteiger partial charge is 0.229 e. The van der Waals surface area contributed by atoms with Crippen LogP contribution in [0.5, 0.6) is 11.5 Å². The van der Waals surface area contributed by atoms with E-state index in [2.05, 4.69) is 38.3 Å². The molecule has 0 amide bonds. The number of hydrogen-bond donors (Lipinski definition) is 1. The van der Waals surface area contributed by atoms with E-state index < -0.39 is 0 Å². The predicted molar refractivity (Wildman–Crippen MR) is 131 cm³/mol. The zero-order valence-corrected chi connectivity index (χ0v) is 19.2. The van der Waals surface area contributed by atoms with E-state index in [1.54, 1.807) is 31.9 Å². The molecule has 0 spiro atoms. The van der Waals surface area contributed by atoms with Crippen LogP contribution in [-0.2, 0) is 0 Å². The first-order chi connectivity index (χ1) is 15.9. The average molecular weight is 448 g/mol. The van der Waals surface area contributed by atoms with E-state index in [9.17, 15) is 0 Å². The van der Waals surface area contributed by atoms with Crippen molar-refractivity contribution >= 4 is 17.5 Å². The third kappa shape index (κ3) is 4.43. The maximum Gasteiger partial charge on any atom is 0.229 e. The number of nitrogens with zero attached hydrogens (tertiary/aromatic N) is 6. The number of aryl methyl sites for hydroxylation is 1. The lowest BCUT2D eigenvalue weighted by atomic mass is 9.99. The van der Waals surface area contributed by atoms with Gasteiger partial charge in [0.2, 0.25) is 5.95 Å². The maximum atomic E-state index is 5.94. The summed E-state index contributed by atoms with van der Waals surface area (Å²) in [4.78, 5) is 19.9. The Morgan fingerprint density at radius 1 is 1.30 bits per heavy atom. The van der Waals surface area contributed by atoms with Crippen molar-refractivity contribution in [2.24, 2.45) is 0 Å². The molecule has 1 aliphatic heterocycles. The molecule has 1 aliphatic rings. The number of aromatic nitrogens is 5. The third-order valence-corrected chi connectivity index (χ3v) is 5.35. The summed E-state index contributed by atoms with van der Waals surface area (Å²) >= 11 is 0. The first-order valence-corrected chi connectivity index (χ1v) is 10.4. The van der Waals surface area contributed by atoms with Gasteiger partial charge in [0.15, 0.2) is 23.1 Å². The fourth-order valence-electron chi connectivity index (χ4n) is 3.68. The first-order valence-electron chi connectivity index (χ1n) is 10.4. The van der Waals surface area contributed by atoms with Gasteiger partial charge in [0.05, 0.1) is 36.9 Å². The molecular formula is C24H29N7O2. The monoisotopic (exact) mass is 447 g/mol. The summed E-state index contributed by atoms with van der Waals surface area (Å²) in [6.45, 7) is 12.3. The molecule has 0 bridgehead atoms. The highest BCUT2D eigenvalue weighted by Gasteiger charge is 2.29. The molecule has 4 heterocycles. The molecular weight excluding hydrogens is 418 g/mol. The second-order valence-electron chi connectivity index (χ2n) is 7.75. The molecule has 1 atom stereocenters. The topological polar surface area (TPSA) is 90.2 Å². The fraction of sp³-hybridized carbons (Fsp3) is 0.250. The number of ether oxygens (including phenoxy) is 2. The molecule has 1 unspecified atom stereocenters. The van der Waals surface area contributed by atoms with Crippen molar-refractivity contribution in [3.63, 3.8) is 0 Å². The molecule has 0 saturated heterocycles. The van der Waals surface area contributed by atoms with Gasteiger partial charge in [-0.3, -0.25) is 4.57 Å². The molecule has 0 radical (unpaired) electrons. The summed E-state index contributed by atoms with van der Waals surface area (Å²) in [5.74, 6) is 2.97. The first kappa shape index (κ1) is 22.1. The minimum atomic E-state index is -0.0320. The summed E-state index contributed by atoms with van der Waals surface area (Å²) in [6.07, 6.45) is 10.7. The van der Waals surface area contributed by atoms with E-state index in [4.69, 9.17) is 14.5 Å². The molecule has 3 aromatic rings. The van der Waals surface area contributed by atoms with Crippen molar-refractivity contribution in [1.82, 2.24) is 24.5 Å². The highest BCUT2D eigenvalue weighted by molar-refractivity contribution is 5.63. The zero-order chi connectivity index (χ0) is 23.5. The predicted octanol–water partition coefficient (Wildman–Crippen LogP) is 4.25. The summed E-state index contributed by atoms with van der Waals surface area (Å²) in [6, 6.07) is 1.81. The summed E-state index contributed by atoms with van der Waals surface area (Å²) < 4.78 is 13.3. The van der Waals surface area contributed by atoms with Crippen LogP contribution < -0.4 is 19.7 Å². The highest BCUT2D eigenvalue weighted by atomic mass is 16.5. The minimum absolute atomic E-state index is 0. The quantitative estimate of drug-likeness (QED) is 0.538. The number of fused-ring (bicyclic) bond motifs is 1. The summed E-state index contributed by atoms with van der Waals surface area (Å²) in [5.41, 5.74) is 3.59. The standard InChI is InChI=1S/C24H27N7O2.H2/c1-7-8-18(15(2)3)19-13-33-21-11-26-24(29-23(21)30(19)5)28-17-9-20(32-6)22(25-10-17)31-12-16(4)27-14-31;/h7-12,14,19H,1-2,13H2,3-6H3,(H,26,28,29);1H/b18-8+;. The van der Waals surface area contributed by atoms with Crippen molar-refractivity contribution in [1.29, 1.82) is 0 Å². The molecule has 3 aromatic heterocycles. The molecule has 0 fully saturated rings. The number of pyridine rings is 1. The number of anilines is 3. The van der Waals surface area contributed by atoms with Crippen LogP contribution in [0.2, 0.25) is 0 Å². The Morgan fingerprint density at radius 2 is 2.12 bits per heavy atom. The van der Waals surface area contributed by atoms with Crippen molar-refractivity contribution in [2.75, 3.05) is 31.0 Å². The van der Waals surface area contributed by atoms with E-state index >= 15 is 0 Å². The fourth-order valence-corrected chi connectivity index (χ4v) is 3.68. The molecule has 0 saturated carbocycles. The van der Waals surface area contributed by atoms with Gasteiger partial charge in [-0.25, -0.2) is 15.0 Å². The lowest BCUT2D eigenvalue weighted by Crippen LogP contribution is -2.42. The zero-order valence-electron chi connectivity index (χ0n) is 19.2. The van der Waals surface area contributed by atoms with Crippen molar-refractivity contribution < 1.29 is 10.9 Å². The average Bonchev–Trinajstić information content (AvgIpc) is 3.24. The molecule has 33 heavy (non-hydrogen) atoms. The van der Waals surface area contributed by atoms with E-state index in [0.29, 0.717) is 41.4 Å². The number of allylic oxidation sites excluding steroid dienone is 2. The number of imidazole rings is 1. The maximum absolute atomic E-state index is 5.94. The Kier molecular flexibility index (Phi) is 6.12. The van der Waals surface area contributed by atoms with E-state index in [-0.39, 0.29) is 7.47 Å². The normalized spacial score (nSPS) is 15.5. The second kappa shape index (κ2) is 9.15. The van der Waals surface area contributed by atoms with Crippen molar-refractivity contribution in [3.8, 4) is 17.3 Å². The number of likely N-dealkylation sites (N-methyl/N-ethyl adjacent to an activating group) is 1. The van der Waals surface area contributed by atoms with Crippen LogP contribution in [-0.4, -0.2) is 51.3 Å². The van der Waals surface area contributed by atoms with Crippen molar-refractivity contribution in [2.45, 2.75) is 19.9 Å². The molecule has 0 aliphatic carbocycles. The van der Waals surface area contributed by atoms with E-state index in [1.165, 1.54) is 0 Å². The SMILES string of the molecule is C=C/C=C(\C(=C)C)C1COc2cnc(Nc3cnc(-n4cnc(C)c4)c(OC)c3)nc2N1C.[HH]. The molecule has 9 heteroatoms. The van der Waals surface area contributed by atoms with E-state index in [1.807, 2.05) is 43.8 Å². The van der Waals surface area contributed by atoms with Gasteiger partial charge in [-0.1, -0.05) is 30.9 Å². The lowest BCUT2D eigenvalue weighted by molar-refractivity contribution is 0.278. The number of rotatable bonds is 7. The van der Waals surface area contributed by atoms with E-state index in [0.717, 1.165) is 16.8 Å². The Labute approximate surface area is 194 Å². The van der Waals surface area contributed by atoms with Crippen LogP contribution in [0.4, 0.5) is 17.5 Å². The minimum Gasteiger partial charge on any atom is -0.493 e. The van der Waals surface area contributed by atoms with Gasteiger partial charge < -0.3 is 19.7 Å². The number of methoxy groups -OCH3 is 1. The molecule has 9 nitrogen and oxygen atoms in total. The highest BCUT2D eigenvalue weighted by Crippen LogP contribution is 2.35. The van der Waals surface area contributed by atoms with Crippen LogP contribution in [0.1, 0.15) is 14.0 Å².